The lowest BCUT2D eigenvalue weighted by Crippen LogP contribution is -2.41. The first-order valence-electron chi connectivity index (χ1n) is 7.40. The van der Waals surface area contributed by atoms with E-state index in [4.69, 9.17) is 14.0 Å². The molecule has 22 heavy (non-hydrogen) atoms. The SMILES string of the molecule is COc1cnc2c(B3OC(C)(C)C(C)(C)O3)cc(C)cc2n1. The molecule has 0 spiro atoms. The normalized spacial score (nSPS) is 19.6. The van der Waals surface area contributed by atoms with Crippen LogP contribution < -0.4 is 10.2 Å². The molecule has 1 fully saturated rings. The van der Waals surface area contributed by atoms with Crippen molar-refractivity contribution in [2.24, 2.45) is 0 Å². The number of rotatable bonds is 2. The quantitative estimate of drug-likeness (QED) is 0.796. The van der Waals surface area contributed by atoms with E-state index in [0.717, 1.165) is 22.1 Å². The van der Waals surface area contributed by atoms with Crippen molar-refractivity contribution >= 4 is 23.6 Å². The van der Waals surface area contributed by atoms with E-state index in [9.17, 15) is 0 Å². The van der Waals surface area contributed by atoms with Gasteiger partial charge < -0.3 is 14.0 Å². The Morgan fingerprint density at radius 3 is 2.32 bits per heavy atom. The lowest BCUT2D eigenvalue weighted by molar-refractivity contribution is 0.00578. The predicted molar refractivity (Wildman–Crippen MR) is 86.5 cm³/mol. The van der Waals surface area contributed by atoms with Crippen molar-refractivity contribution in [2.75, 3.05) is 7.11 Å². The molecule has 0 aliphatic carbocycles. The van der Waals surface area contributed by atoms with E-state index in [-0.39, 0.29) is 11.2 Å². The first kappa shape index (κ1) is 15.2. The molecule has 0 radical (unpaired) electrons. The lowest BCUT2D eigenvalue weighted by atomic mass is 9.77. The van der Waals surface area contributed by atoms with Crippen LogP contribution in [0.5, 0.6) is 5.88 Å². The molecule has 6 heteroatoms. The molecular weight excluding hydrogens is 279 g/mol. The number of methoxy groups -OCH3 is 1. The largest absolute Gasteiger partial charge is 0.497 e. The molecule has 1 aliphatic heterocycles. The van der Waals surface area contributed by atoms with E-state index < -0.39 is 7.12 Å². The van der Waals surface area contributed by atoms with Crippen molar-refractivity contribution in [1.82, 2.24) is 9.97 Å². The van der Waals surface area contributed by atoms with Crippen molar-refractivity contribution in [3.05, 3.63) is 23.9 Å². The highest BCUT2D eigenvalue weighted by molar-refractivity contribution is 6.64. The molecule has 1 saturated heterocycles. The van der Waals surface area contributed by atoms with Crippen molar-refractivity contribution in [3.63, 3.8) is 0 Å². The van der Waals surface area contributed by atoms with Crippen molar-refractivity contribution < 1.29 is 14.0 Å². The summed E-state index contributed by atoms with van der Waals surface area (Å²) in [5, 5.41) is 0. The van der Waals surface area contributed by atoms with Gasteiger partial charge in [-0.05, 0) is 46.2 Å². The Morgan fingerprint density at radius 2 is 1.73 bits per heavy atom. The molecule has 1 aromatic carbocycles. The summed E-state index contributed by atoms with van der Waals surface area (Å²) in [4.78, 5) is 8.95. The Kier molecular flexibility index (Phi) is 3.42. The zero-order chi connectivity index (χ0) is 16.1. The second-order valence-electron chi connectivity index (χ2n) is 6.72. The maximum Gasteiger partial charge on any atom is 0.497 e. The Balaban J connectivity index is 2.12. The minimum absolute atomic E-state index is 0.381. The maximum absolute atomic E-state index is 6.15. The first-order chi connectivity index (χ1) is 10.2. The fraction of sp³-hybridized carbons (Fsp3) is 0.500. The highest BCUT2D eigenvalue weighted by Crippen LogP contribution is 2.37. The third-order valence-corrected chi connectivity index (χ3v) is 4.51. The number of hydrogen-bond acceptors (Lipinski definition) is 5. The zero-order valence-electron chi connectivity index (χ0n) is 13.9. The number of ether oxygens (including phenoxy) is 1. The summed E-state index contributed by atoms with van der Waals surface area (Å²) in [6, 6.07) is 4.03. The molecule has 1 aliphatic rings. The minimum Gasteiger partial charge on any atom is -0.480 e. The van der Waals surface area contributed by atoms with Crippen LogP contribution in [0.1, 0.15) is 33.3 Å². The van der Waals surface area contributed by atoms with Gasteiger partial charge in [0, 0.05) is 5.46 Å². The van der Waals surface area contributed by atoms with Gasteiger partial charge in [-0.25, -0.2) is 9.97 Å². The van der Waals surface area contributed by atoms with E-state index in [1.165, 1.54) is 0 Å². The zero-order valence-corrected chi connectivity index (χ0v) is 13.9. The fourth-order valence-corrected chi connectivity index (χ4v) is 2.53. The number of fused-ring (bicyclic) bond motifs is 1. The molecule has 0 atom stereocenters. The third-order valence-electron chi connectivity index (χ3n) is 4.51. The topological polar surface area (TPSA) is 53.5 Å². The average molecular weight is 300 g/mol. The molecule has 0 saturated carbocycles. The van der Waals surface area contributed by atoms with Crippen molar-refractivity contribution in [2.45, 2.75) is 45.8 Å². The number of hydrogen-bond donors (Lipinski definition) is 0. The smallest absolute Gasteiger partial charge is 0.480 e. The number of aryl methyl sites for hydroxylation is 1. The van der Waals surface area contributed by atoms with Gasteiger partial charge in [0.15, 0.2) is 0 Å². The second kappa shape index (κ2) is 4.93. The summed E-state index contributed by atoms with van der Waals surface area (Å²) in [7, 11) is 1.14. The molecule has 5 nitrogen and oxygen atoms in total. The Hall–Kier alpha value is -1.66. The van der Waals surface area contributed by atoms with Crippen LogP contribution >= 0.6 is 0 Å². The monoisotopic (exact) mass is 300 g/mol. The van der Waals surface area contributed by atoms with E-state index >= 15 is 0 Å². The van der Waals surface area contributed by atoms with Gasteiger partial charge in [0.1, 0.15) is 0 Å². The van der Waals surface area contributed by atoms with Crippen LogP contribution in [0.25, 0.3) is 11.0 Å². The molecule has 1 aromatic heterocycles. The van der Waals surface area contributed by atoms with Gasteiger partial charge in [0.05, 0.1) is 35.5 Å². The molecule has 0 bridgehead atoms. The highest BCUT2D eigenvalue weighted by atomic mass is 16.7. The average Bonchev–Trinajstić information content (AvgIpc) is 2.65. The van der Waals surface area contributed by atoms with E-state index in [1.807, 2.05) is 46.8 Å². The fourth-order valence-electron chi connectivity index (χ4n) is 2.53. The number of nitrogens with zero attached hydrogens (tertiary/aromatic N) is 2. The van der Waals surface area contributed by atoms with E-state index in [0.29, 0.717) is 5.88 Å². The van der Waals surface area contributed by atoms with Gasteiger partial charge >= 0.3 is 7.12 Å². The van der Waals surface area contributed by atoms with Crippen LogP contribution in [0, 0.1) is 6.92 Å². The van der Waals surface area contributed by atoms with Crippen LogP contribution in [0.3, 0.4) is 0 Å². The van der Waals surface area contributed by atoms with Crippen LogP contribution in [-0.4, -0.2) is 35.4 Å². The first-order valence-corrected chi connectivity index (χ1v) is 7.40. The van der Waals surface area contributed by atoms with Crippen molar-refractivity contribution in [1.29, 1.82) is 0 Å². The van der Waals surface area contributed by atoms with E-state index in [2.05, 4.69) is 9.97 Å². The Morgan fingerprint density at radius 1 is 1.09 bits per heavy atom. The number of benzene rings is 1. The van der Waals surface area contributed by atoms with Crippen LogP contribution in [0.15, 0.2) is 18.3 Å². The molecule has 2 heterocycles. The van der Waals surface area contributed by atoms with Gasteiger partial charge in [0.2, 0.25) is 5.88 Å². The van der Waals surface area contributed by atoms with Gasteiger partial charge in [-0.1, -0.05) is 6.07 Å². The summed E-state index contributed by atoms with van der Waals surface area (Å²) >= 11 is 0. The van der Waals surface area contributed by atoms with Crippen LogP contribution in [-0.2, 0) is 9.31 Å². The second-order valence-corrected chi connectivity index (χ2v) is 6.72. The van der Waals surface area contributed by atoms with Crippen molar-refractivity contribution in [3.8, 4) is 5.88 Å². The van der Waals surface area contributed by atoms with Gasteiger partial charge in [-0.3, -0.25) is 0 Å². The van der Waals surface area contributed by atoms with Gasteiger partial charge in [-0.15, -0.1) is 0 Å². The molecule has 0 N–H and O–H groups in total. The third kappa shape index (κ3) is 2.36. The van der Waals surface area contributed by atoms with E-state index in [1.54, 1.807) is 13.3 Å². The summed E-state index contributed by atoms with van der Waals surface area (Å²) in [6.07, 6.45) is 1.62. The Labute approximate surface area is 131 Å². The molecule has 0 amide bonds. The predicted octanol–water partition coefficient (Wildman–Crippen LogP) is 2.25. The number of aromatic nitrogens is 2. The Bertz CT molecular complexity index is 715. The summed E-state index contributed by atoms with van der Waals surface area (Å²) in [5.41, 5.74) is 2.79. The highest BCUT2D eigenvalue weighted by Gasteiger charge is 2.52. The molecule has 3 rings (SSSR count). The summed E-state index contributed by atoms with van der Waals surface area (Å²) < 4.78 is 17.5. The molecule has 116 valence electrons. The summed E-state index contributed by atoms with van der Waals surface area (Å²) in [5.74, 6) is 0.498. The van der Waals surface area contributed by atoms with Gasteiger partial charge in [0.25, 0.3) is 0 Å². The van der Waals surface area contributed by atoms with Gasteiger partial charge in [-0.2, -0.15) is 0 Å². The van der Waals surface area contributed by atoms with Crippen LogP contribution in [0.4, 0.5) is 0 Å². The minimum atomic E-state index is -0.449. The molecule has 2 aromatic rings. The lowest BCUT2D eigenvalue weighted by Gasteiger charge is -2.32. The molecular formula is C16H21BN2O3. The summed E-state index contributed by atoms with van der Waals surface area (Å²) in [6.45, 7) is 10.2. The molecule has 0 unspecified atom stereocenters. The standard InChI is InChI=1S/C16H21BN2O3/c1-10-7-11(17-21-15(2,3)16(4,5)22-17)14-12(8-10)19-13(20-6)9-18-14/h7-9H,1-6H3. The maximum atomic E-state index is 6.15. The van der Waals surface area contributed by atoms with Crippen LogP contribution in [0.2, 0.25) is 0 Å².